The Kier molecular flexibility index (Phi) is 2.08. The monoisotopic (exact) mass is 202 g/mol. The molecule has 0 heterocycles. The van der Waals surface area contributed by atoms with E-state index in [9.17, 15) is 9.90 Å². The first-order valence-electron chi connectivity index (χ1n) is 4.55. The van der Waals surface area contributed by atoms with Crippen molar-refractivity contribution >= 4 is 16.7 Å². The summed E-state index contributed by atoms with van der Waals surface area (Å²) in [5, 5.41) is 19.9. The Balaban J connectivity index is 2.86. The zero-order valence-electron chi connectivity index (χ0n) is 8.19. The molecule has 0 radical (unpaired) electrons. The number of fused-ring (bicyclic) bond motifs is 1. The lowest BCUT2D eigenvalue weighted by molar-refractivity contribution is 0.0699. The highest BCUT2D eigenvalue weighted by molar-refractivity contribution is 6.04. The summed E-state index contributed by atoms with van der Waals surface area (Å²) in [7, 11) is 0. The van der Waals surface area contributed by atoms with E-state index in [0.717, 1.165) is 10.9 Å². The third kappa shape index (κ3) is 1.52. The third-order valence-electron chi connectivity index (χ3n) is 2.43. The molecule has 0 aliphatic rings. The number of rotatable bonds is 1. The van der Waals surface area contributed by atoms with Crippen LogP contribution in [0.5, 0.6) is 5.75 Å². The van der Waals surface area contributed by atoms with E-state index in [0.29, 0.717) is 5.39 Å². The van der Waals surface area contributed by atoms with Crippen molar-refractivity contribution in [3.05, 3.63) is 41.5 Å². The summed E-state index contributed by atoms with van der Waals surface area (Å²) in [5.74, 6) is -0.861. The smallest absolute Gasteiger partial charge is 0.336 e. The van der Waals surface area contributed by atoms with E-state index in [4.69, 9.17) is 5.11 Å². The minimum atomic E-state index is -0.983. The lowest BCUT2D eigenvalue weighted by Gasteiger charge is -2.05. The lowest BCUT2D eigenvalue weighted by Crippen LogP contribution is -1.97. The summed E-state index contributed by atoms with van der Waals surface area (Å²) >= 11 is 0. The highest BCUT2D eigenvalue weighted by Gasteiger charge is 2.09. The molecule has 0 atom stereocenters. The Morgan fingerprint density at radius 2 is 2.00 bits per heavy atom. The molecule has 0 aromatic heterocycles. The molecule has 0 bridgehead atoms. The largest absolute Gasteiger partial charge is 0.508 e. The van der Waals surface area contributed by atoms with Crippen molar-refractivity contribution in [2.75, 3.05) is 0 Å². The fourth-order valence-corrected chi connectivity index (χ4v) is 1.61. The van der Waals surface area contributed by atoms with Crippen LogP contribution in [0.3, 0.4) is 0 Å². The maximum absolute atomic E-state index is 10.9. The van der Waals surface area contributed by atoms with Crippen LogP contribution in [0.2, 0.25) is 0 Å². The van der Waals surface area contributed by atoms with Gasteiger partial charge in [0.1, 0.15) is 5.75 Å². The summed E-state index contributed by atoms with van der Waals surface area (Å²) in [6, 6.07) is 8.32. The Hall–Kier alpha value is -2.03. The standard InChI is InChI=1S/C12H10O3/c1-7-5-8-3-2-4-9(12(14)15)10(8)6-11(7)13/h2-6,13H,1H3,(H,14,15). The molecule has 0 aliphatic carbocycles. The minimum Gasteiger partial charge on any atom is -0.508 e. The van der Waals surface area contributed by atoms with E-state index in [1.54, 1.807) is 19.1 Å². The van der Waals surface area contributed by atoms with Crippen molar-refractivity contribution in [3.8, 4) is 5.75 Å². The van der Waals surface area contributed by atoms with E-state index in [2.05, 4.69) is 0 Å². The molecule has 0 saturated carbocycles. The van der Waals surface area contributed by atoms with Crippen LogP contribution in [0.4, 0.5) is 0 Å². The second-order valence-electron chi connectivity index (χ2n) is 3.47. The first-order valence-corrected chi connectivity index (χ1v) is 4.55. The maximum Gasteiger partial charge on any atom is 0.336 e. The zero-order chi connectivity index (χ0) is 11.0. The van der Waals surface area contributed by atoms with Crippen LogP contribution in [0.25, 0.3) is 10.8 Å². The van der Waals surface area contributed by atoms with Crippen LogP contribution in [0, 0.1) is 6.92 Å². The Labute approximate surface area is 86.6 Å². The average Bonchev–Trinajstić information content (AvgIpc) is 2.18. The number of phenols is 1. The van der Waals surface area contributed by atoms with Crippen molar-refractivity contribution in [2.24, 2.45) is 0 Å². The number of benzene rings is 2. The van der Waals surface area contributed by atoms with Crippen LogP contribution in [0.1, 0.15) is 15.9 Å². The fraction of sp³-hybridized carbons (Fsp3) is 0.0833. The molecule has 15 heavy (non-hydrogen) atoms. The second kappa shape index (κ2) is 3.28. The molecule has 0 spiro atoms. The highest BCUT2D eigenvalue weighted by atomic mass is 16.4. The Morgan fingerprint density at radius 1 is 1.27 bits per heavy atom. The summed E-state index contributed by atoms with van der Waals surface area (Å²) in [6.45, 7) is 1.78. The average molecular weight is 202 g/mol. The van der Waals surface area contributed by atoms with Crippen molar-refractivity contribution in [1.82, 2.24) is 0 Å². The molecule has 0 amide bonds. The van der Waals surface area contributed by atoms with Gasteiger partial charge in [0.25, 0.3) is 0 Å². The number of aromatic hydroxyl groups is 1. The summed E-state index contributed by atoms with van der Waals surface area (Å²) < 4.78 is 0. The van der Waals surface area contributed by atoms with Crippen molar-refractivity contribution in [3.63, 3.8) is 0 Å². The van der Waals surface area contributed by atoms with Gasteiger partial charge in [0.05, 0.1) is 5.56 Å². The molecule has 2 aromatic carbocycles. The van der Waals surface area contributed by atoms with Crippen molar-refractivity contribution in [2.45, 2.75) is 6.92 Å². The van der Waals surface area contributed by atoms with Crippen LogP contribution in [0.15, 0.2) is 30.3 Å². The molecule has 0 unspecified atom stereocenters. The lowest BCUT2D eigenvalue weighted by atomic mass is 10.0. The molecule has 0 fully saturated rings. The summed E-state index contributed by atoms with van der Waals surface area (Å²) in [5.41, 5.74) is 0.952. The predicted molar refractivity (Wildman–Crippen MR) is 57.3 cm³/mol. The normalized spacial score (nSPS) is 10.5. The van der Waals surface area contributed by atoms with Gasteiger partial charge in [0, 0.05) is 0 Å². The van der Waals surface area contributed by atoms with Gasteiger partial charge < -0.3 is 10.2 Å². The zero-order valence-corrected chi connectivity index (χ0v) is 8.19. The van der Waals surface area contributed by atoms with Crippen molar-refractivity contribution in [1.29, 1.82) is 0 Å². The number of hydrogen-bond acceptors (Lipinski definition) is 2. The predicted octanol–water partition coefficient (Wildman–Crippen LogP) is 2.55. The van der Waals surface area contributed by atoms with E-state index in [1.165, 1.54) is 12.1 Å². The summed E-state index contributed by atoms with van der Waals surface area (Å²) in [4.78, 5) is 10.9. The van der Waals surface area contributed by atoms with Crippen LogP contribution in [-0.2, 0) is 0 Å². The van der Waals surface area contributed by atoms with Crippen LogP contribution in [-0.4, -0.2) is 16.2 Å². The molecule has 2 aromatic rings. The maximum atomic E-state index is 10.9. The van der Waals surface area contributed by atoms with E-state index in [1.807, 2.05) is 6.07 Å². The highest BCUT2D eigenvalue weighted by Crippen LogP contribution is 2.26. The van der Waals surface area contributed by atoms with E-state index >= 15 is 0 Å². The molecule has 3 nitrogen and oxygen atoms in total. The molecule has 3 heteroatoms. The Bertz CT molecular complexity index is 544. The number of hydrogen-bond donors (Lipinski definition) is 2. The van der Waals surface area contributed by atoms with Gasteiger partial charge in [-0.25, -0.2) is 4.79 Å². The SMILES string of the molecule is Cc1cc2cccc(C(=O)O)c2cc1O. The van der Waals surface area contributed by atoms with E-state index in [-0.39, 0.29) is 11.3 Å². The van der Waals surface area contributed by atoms with Crippen LogP contribution < -0.4 is 0 Å². The number of carboxylic acids is 1. The van der Waals surface area contributed by atoms with Gasteiger partial charge in [0.15, 0.2) is 0 Å². The molecular formula is C12H10O3. The third-order valence-corrected chi connectivity index (χ3v) is 2.43. The number of aryl methyl sites for hydroxylation is 1. The van der Waals surface area contributed by atoms with Gasteiger partial charge in [-0.15, -0.1) is 0 Å². The summed E-state index contributed by atoms with van der Waals surface area (Å²) in [6.07, 6.45) is 0. The van der Waals surface area contributed by atoms with Gasteiger partial charge >= 0.3 is 5.97 Å². The number of aromatic carboxylic acids is 1. The molecular weight excluding hydrogens is 192 g/mol. The molecule has 0 saturated heterocycles. The molecule has 76 valence electrons. The Morgan fingerprint density at radius 3 is 2.67 bits per heavy atom. The number of carboxylic acid groups (broad SMARTS) is 1. The first kappa shape index (κ1) is 9.52. The first-order chi connectivity index (χ1) is 7.09. The van der Waals surface area contributed by atoms with Gasteiger partial charge in [-0.05, 0) is 41.5 Å². The molecule has 2 N–H and O–H groups in total. The number of phenolic OH excluding ortho intramolecular Hbond substituents is 1. The molecule has 0 aliphatic heterocycles. The van der Waals surface area contributed by atoms with E-state index < -0.39 is 5.97 Å². The van der Waals surface area contributed by atoms with Gasteiger partial charge in [0.2, 0.25) is 0 Å². The fourth-order valence-electron chi connectivity index (χ4n) is 1.61. The van der Waals surface area contributed by atoms with Gasteiger partial charge in [-0.3, -0.25) is 0 Å². The minimum absolute atomic E-state index is 0.121. The van der Waals surface area contributed by atoms with Gasteiger partial charge in [-0.2, -0.15) is 0 Å². The quantitative estimate of drug-likeness (QED) is 0.747. The molecule has 2 rings (SSSR count). The van der Waals surface area contributed by atoms with Crippen LogP contribution >= 0.6 is 0 Å². The number of carbonyl (C=O) groups is 1. The topological polar surface area (TPSA) is 57.5 Å². The van der Waals surface area contributed by atoms with Gasteiger partial charge in [-0.1, -0.05) is 12.1 Å². The van der Waals surface area contributed by atoms with Crippen molar-refractivity contribution < 1.29 is 15.0 Å². The second-order valence-corrected chi connectivity index (χ2v) is 3.47.